The maximum absolute atomic E-state index is 11.7. The number of aryl methyl sites for hydroxylation is 2. The van der Waals surface area contributed by atoms with E-state index in [0.29, 0.717) is 11.6 Å². The molecule has 2 rings (SSSR count). The molecule has 1 aliphatic rings. The van der Waals surface area contributed by atoms with Gasteiger partial charge >= 0.3 is 0 Å². The fourth-order valence-electron chi connectivity index (χ4n) is 2.53. The Morgan fingerprint density at radius 1 is 1.53 bits per heavy atom. The van der Waals surface area contributed by atoms with Crippen molar-refractivity contribution in [2.45, 2.75) is 33.2 Å². The number of nitrogens with two attached hydrogens (primary N) is 1. The van der Waals surface area contributed by atoms with Crippen LogP contribution in [0.1, 0.15) is 35.0 Å². The van der Waals surface area contributed by atoms with Crippen LogP contribution in [0.25, 0.3) is 0 Å². The largest absolute Gasteiger partial charge is 0.365 e. The molecule has 5 nitrogen and oxygen atoms in total. The van der Waals surface area contributed by atoms with E-state index in [-0.39, 0.29) is 0 Å². The number of nitrogens with zero attached hydrogens (tertiary/aromatic N) is 2. The summed E-state index contributed by atoms with van der Waals surface area (Å²) in [6.45, 7) is 8.76. The van der Waals surface area contributed by atoms with Crippen LogP contribution in [-0.4, -0.2) is 36.6 Å². The highest BCUT2D eigenvalue weighted by molar-refractivity contribution is 5.99. The molecule has 0 aromatic carbocycles. The molecule has 1 aromatic heterocycles. The van der Waals surface area contributed by atoms with Gasteiger partial charge in [-0.15, -0.1) is 0 Å². The molecule has 1 saturated heterocycles. The van der Waals surface area contributed by atoms with Gasteiger partial charge in [0.1, 0.15) is 5.82 Å². The summed E-state index contributed by atoms with van der Waals surface area (Å²) in [5, 5.41) is 3.26. The molecule has 5 heteroatoms. The molecule has 0 unspecified atom stereocenters. The maximum atomic E-state index is 11.7. The molecular weight excluding hydrogens is 240 g/mol. The van der Waals surface area contributed by atoms with Gasteiger partial charge in [0.05, 0.1) is 11.6 Å². The fraction of sp³-hybridized carbons (Fsp3) is 0.571. The number of rotatable bonds is 5. The summed E-state index contributed by atoms with van der Waals surface area (Å²) >= 11 is 0. The zero-order chi connectivity index (χ0) is 14.0. The lowest BCUT2D eigenvalue weighted by molar-refractivity contribution is 0.0999. The van der Waals surface area contributed by atoms with Crippen LogP contribution in [0.2, 0.25) is 0 Å². The first kappa shape index (κ1) is 13.8. The zero-order valence-corrected chi connectivity index (χ0v) is 11.9. The van der Waals surface area contributed by atoms with Gasteiger partial charge in [0, 0.05) is 25.3 Å². The van der Waals surface area contributed by atoms with Crippen molar-refractivity contribution >= 4 is 11.7 Å². The summed E-state index contributed by atoms with van der Waals surface area (Å²) in [7, 11) is 0. The van der Waals surface area contributed by atoms with Crippen molar-refractivity contribution in [2.24, 2.45) is 5.73 Å². The van der Waals surface area contributed by atoms with Crippen molar-refractivity contribution in [3.05, 3.63) is 22.9 Å². The highest BCUT2D eigenvalue weighted by Crippen LogP contribution is 2.25. The summed E-state index contributed by atoms with van der Waals surface area (Å²) in [6, 6.07) is 2.32. The van der Waals surface area contributed by atoms with E-state index in [9.17, 15) is 4.79 Å². The van der Waals surface area contributed by atoms with E-state index in [1.54, 1.807) is 0 Å². The van der Waals surface area contributed by atoms with Crippen LogP contribution < -0.4 is 16.0 Å². The van der Waals surface area contributed by atoms with Crippen molar-refractivity contribution in [3.8, 4) is 0 Å². The van der Waals surface area contributed by atoms with Crippen LogP contribution in [0.15, 0.2) is 6.07 Å². The SMILES string of the molecule is CCCN(c1nc(C)cc(C)c1C(N)=O)C1CNC1. The van der Waals surface area contributed by atoms with Crippen molar-refractivity contribution in [1.29, 1.82) is 0 Å². The molecule has 0 radical (unpaired) electrons. The minimum absolute atomic E-state index is 0.395. The predicted molar refractivity (Wildman–Crippen MR) is 76.5 cm³/mol. The summed E-state index contributed by atoms with van der Waals surface area (Å²) in [6.07, 6.45) is 1.02. The molecular formula is C14H22N4O. The Balaban J connectivity index is 2.47. The Morgan fingerprint density at radius 3 is 2.68 bits per heavy atom. The van der Waals surface area contributed by atoms with Gasteiger partial charge in [-0.05, 0) is 31.9 Å². The quantitative estimate of drug-likeness (QED) is 0.830. The molecule has 0 spiro atoms. The van der Waals surface area contributed by atoms with Gasteiger partial charge in [-0.25, -0.2) is 4.98 Å². The van der Waals surface area contributed by atoms with E-state index in [1.807, 2.05) is 19.9 Å². The summed E-state index contributed by atoms with van der Waals surface area (Å²) in [5.41, 5.74) is 7.93. The topological polar surface area (TPSA) is 71.2 Å². The molecule has 3 N–H and O–H groups in total. The van der Waals surface area contributed by atoms with Gasteiger partial charge in [0.15, 0.2) is 0 Å². The first-order chi connectivity index (χ1) is 9.04. The molecule has 1 fully saturated rings. The predicted octanol–water partition coefficient (Wildman–Crippen LogP) is 0.986. The van der Waals surface area contributed by atoms with Crippen molar-refractivity contribution in [2.75, 3.05) is 24.5 Å². The monoisotopic (exact) mass is 262 g/mol. The normalized spacial score (nSPS) is 15.1. The molecule has 0 saturated carbocycles. The maximum Gasteiger partial charge on any atom is 0.252 e. The minimum Gasteiger partial charge on any atom is -0.365 e. The Morgan fingerprint density at radius 2 is 2.21 bits per heavy atom. The van der Waals surface area contributed by atoms with Crippen molar-refractivity contribution < 1.29 is 4.79 Å². The van der Waals surface area contributed by atoms with Gasteiger partial charge in [-0.1, -0.05) is 6.92 Å². The number of hydrogen-bond acceptors (Lipinski definition) is 4. The first-order valence-electron chi connectivity index (χ1n) is 6.80. The average molecular weight is 262 g/mol. The second-order valence-corrected chi connectivity index (χ2v) is 5.15. The van der Waals surface area contributed by atoms with Gasteiger partial charge < -0.3 is 16.0 Å². The molecule has 0 aliphatic carbocycles. The summed E-state index contributed by atoms with van der Waals surface area (Å²) in [5.74, 6) is 0.353. The smallest absolute Gasteiger partial charge is 0.252 e. The van der Waals surface area contributed by atoms with Crippen LogP contribution in [0.4, 0.5) is 5.82 Å². The van der Waals surface area contributed by atoms with Crippen LogP contribution in [-0.2, 0) is 0 Å². The van der Waals surface area contributed by atoms with Gasteiger partial charge in [0.2, 0.25) is 0 Å². The minimum atomic E-state index is -0.395. The third kappa shape index (κ3) is 2.71. The molecule has 104 valence electrons. The molecule has 1 aliphatic heterocycles. The number of carbonyl (C=O) groups excluding carboxylic acids is 1. The number of anilines is 1. The number of hydrogen-bond donors (Lipinski definition) is 2. The van der Waals surface area contributed by atoms with Crippen molar-refractivity contribution in [3.63, 3.8) is 0 Å². The number of carbonyl (C=O) groups is 1. The fourth-order valence-corrected chi connectivity index (χ4v) is 2.53. The second kappa shape index (κ2) is 5.57. The lowest BCUT2D eigenvalue weighted by Gasteiger charge is -2.40. The average Bonchev–Trinajstić information content (AvgIpc) is 2.24. The van der Waals surface area contributed by atoms with Crippen LogP contribution in [0.3, 0.4) is 0 Å². The molecule has 1 amide bonds. The van der Waals surface area contributed by atoms with E-state index in [4.69, 9.17) is 5.73 Å². The van der Waals surface area contributed by atoms with Gasteiger partial charge in [-0.3, -0.25) is 4.79 Å². The van der Waals surface area contributed by atoms with Crippen LogP contribution in [0.5, 0.6) is 0 Å². The Hall–Kier alpha value is -1.62. The van der Waals surface area contributed by atoms with E-state index in [0.717, 1.165) is 43.1 Å². The van der Waals surface area contributed by atoms with E-state index < -0.39 is 5.91 Å². The highest BCUT2D eigenvalue weighted by Gasteiger charge is 2.28. The molecule has 2 heterocycles. The number of nitrogens with one attached hydrogen (secondary N) is 1. The third-order valence-electron chi connectivity index (χ3n) is 3.51. The van der Waals surface area contributed by atoms with E-state index in [1.165, 1.54) is 0 Å². The van der Waals surface area contributed by atoms with E-state index >= 15 is 0 Å². The number of pyridine rings is 1. The number of primary amides is 1. The first-order valence-corrected chi connectivity index (χ1v) is 6.80. The molecule has 19 heavy (non-hydrogen) atoms. The molecule has 0 atom stereocenters. The Kier molecular flexibility index (Phi) is 4.04. The highest BCUT2D eigenvalue weighted by atomic mass is 16.1. The van der Waals surface area contributed by atoms with E-state index in [2.05, 4.69) is 22.1 Å². The molecule has 0 bridgehead atoms. The third-order valence-corrected chi connectivity index (χ3v) is 3.51. The Bertz CT molecular complexity index is 483. The summed E-state index contributed by atoms with van der Waals surface area (Å²) in [4.78, 5) is 18.5. The number of aromatic nitrogens is 1. The zero-order valence-electron chi connectivity index (χ0n) is 11.9. The van der Waals surface area contributed by atoms with Gasteiger partial charge in [-0.2, -0.15) is 0 Å². The van der Waals surface area contributed by atoms with Crippen LogP contribution in [0, 0.1) is 13.8 Å². The van der Waals surface area contributed by atoms with Crippen molar-refractivity contribution in [1.82, 2.24) is 10.3 Å². The number of amides is 1. The lowest BCUT2D eigenvalue weighted by Crippen LogP contribution is -2.58. The van der Waals surface area contributed by atoms with Gasteiger partial charge in [0.25, 0.3) is 5.91 Å². The Labute approximate surface area is 114 Å². The summed E-state index contributed by atoms with van der Waals surface area (Å²) < 4.78 is 0. The second-order valence-electron chi connectivity index (χ2n) is 5.15. The standard InChI is InChI=1S/C14H22N4O/c1-4-5-18(11-7-16-8-11)14-12(13(15)19)9(2)6-10(3)17-14/h6,11,16H,4-5,7-8H2,1-3H3,(H2,15,19). The lowest BCUT2D eigenvalue weighted by atomic mass is 10.0. The molecule has 1 aromatic rings. The van der Waals surface area contributed by atoms with Crippen LogP contribution >= 0.6 is 0 Å².